The molecule has 0 bridgehead atoms. The van der Waals surface area contributed by atoms with Crippen molar-refractivity contribution in [1.82, 2.24) is 10.2 Å². The Bertz CT molecular complexity index is 968. The Kier molecular flexibility index (Phi) is 3.89. The molecule has 2 unspecified atom stereocenters. The van der Waals surface area contributed by atoms with E-state index in [1.165, 1.54) is 42.4 Å². The fourth-order valence-electron chi connectivity index (χ4n) is 5.31. The van der Waals surface area contributed by atoms with E-state index in [2.05, 4.69) is 56.2 Å². The second-order valence-corrected chi connectivity index (χ2v) is 8.93. The highest BCUT2D eigenvalue weighted by Gasteiger charge is 2.52. The average molecular weight is 361 g/mol. The Balaban J connectivity index is 1.59. The molecule has 5 rings (SSSR count). The second kappa shape index (κ2) is 6.19. The number of fused-ring (bicyclic) bond motifs is 2. The van der Waals surface area contributed by atoms with Gasteiger partial charge in [0.1, 0.15) is 11.8 Å². The van der Waals surface area contributed by atoms with Gasteiger partial charge in [0.2, 0.25) is 5.88 Å². The summed E-state index contributed by atoms with van der Waals surface area (Å²) >= 11 is 0. The van der Waals surface area contributed by atoms with Crippen molar-refractivity contribution < 1.29 is 4.74 Å². The summed E-state index contributed by atoms with van der Waals surface area (Å²) in [7, 11) is 0. The first-order valence-electron chi connectivity index (χ1n) is 10.4. The van der Waals surface area contributed by atoms with Crippen molar-refractivity contribution in [2.24, 2.45) is 11.3 Å². The zero-order valence-electron chi connectivity index (χ0n) is 16.6. The van der Waals surface area contributed by atoms with Crippen LogP contribution in [0.1, 0.15) is 65.0 Å². The van der Waals surface area contributed by atoms with Gasteiger partial charge in [0.15, 0.2) is 0 Å². The van der Waals surface area contributed by atoms with E-state index in [1.54, 1.807) is 0 Å². The van der Waals surface area contributed by atoms with Crippen LogP contribution in [0.15, 0.2) is 41.5 Å². The summed E-state index contributed by atoms with van der Waals surface area (Å²) in [6.45, 7) is 6.87. The smallest absolute Gasteiger partial charge is 0.241 e. The Morgan fingerprint density at radius 3 is 2.52 bits per heavy atom. The standard InChI is InChI=1S/C24H28N2O/c1-15-13-24(3)14-20(24)16(2)21(15)22-18-11-7-8-12-19(18)23(26-25-22)27-17-9-5-4-6-10-17/h7-8,11-13,17,20H,4-6,9-10,14H2,1-3H3. The fourth-order valence-corrected chi connectivity index (χ4v) is 5.31. The van der Waals surface area contributed by atoms with Crippen molar-refractivity contribution in [3.8, 4) is 5.88 Å². The topological polar surface area (TPSA) is 35.0 Å². The maximum absolute atomic E-state index is 6.31. The molecular weight excluding hydrogens is 332 g/mol. The first-order valence-corrected chi connectivity index (χ1v) is 10.4. The van der Waals surface area contributed by atoms with Gasteiger partial charge in [-0.2, -0.15) is 0 Å². The number of hydrogen-bond acceptors (Lipinski definition) is 3. The van der Waals surface area contributed by atoms with Crippen LogP contribution >= 0.6 is 0 Å². The summed E-state index contributed by atoms with van der Waals surface area (Å²) in [5, 5.41) is 11.5. The van der Waals surface area contributed by atoms with E-state index in [0.29, 0.717) is 17.2 Å². The molecule has 1 aromatic heterocycles. The Labute approximate surface area is 161 Å². The quantitative estimate of drug-likeness (QED) is 0.663. The van der Waals surface area contributed by atoms with Gasteiger partial charge in [0.25, 0.3) is 0 Å². The molecule has 2 aromatic rings. The van der Waals surface area contributed by atoms with Crippen LogP contribution in [0.25, 0.3) is 16.3 Å². The minimum Gasteiger partial charge on any atom is -0.473 e. The van der Waals surface area contributed by atoms with Gasteiger partial charge < -0.3 is 4.74 Å². The molecule has 0 radical (unpaired) electrons. The van der Waals surface area contributed by atoms with Gasteiger partial charge >= 0.3 is 0 Å². The first kappa shape index (κ1) is 17.0. The van der Waals surface area contributed by atoms with Crippen LogP contribution in [0.4, 0.5) is 0 Å². The van der Waals surface area contributed by atoms with E-state index in [9.17, 15) is 0 Å². The maximum atomic E-state index is 6.31. The van der Waals surface area contributed by atoms with Crippen molar-refractivity contribution in [2.75, 3.05) is 0 Å². The molecule has 1 heterocycles. The zero-order valence-corrected chi connectivity index (χ0v) is 16.6. The number of benzene rings is 1. The molecule has 3 aliphatic carbocycles. The van der Waals surface area contributed by atoms with Gasteiger partial charge in [-0.1, -0.05) is 43.2 Å². The van der Waals surface area contributed by atoms with Crippen molar-refractivity contribution in [2.45, 2.75) is 65.4 Å². The van der Waals surface area contributed by atoms with Crippen LogP contribution in [-0.4, -0.2) is 16.3 Å². The molecular formula is C24H28N2O. The van der Waals surface area contributed by atoms with E-state index in [4.69, 9.17) is 9.84 Å². The van der Waals surface area contributed by atoms with Crippen LogP contribution in [0.2, 0.25) is 0 Å². The van der Waals surface area contributed by atoms with E-state index < -0.39 is 0 Å². The predicted molar refractivity (Wildman–Crippen MR) is 110 cm³/mol. The molecule has 0 amide bonds. The summed E-state index contributed by atoms with van der Waals surface area (Å²) < 4.78 is 6.31. The third-order valence-electron chi connectivity index (χ3n) is 6.86. The summed E-state index contributed by atoms with van der Waals surface area (Å²) in [6, 6.07) is 8.47. The van der Waals surface area contributed by atoms with Crippen LogP contribution < -0.4 is 4.74 Å². The summed E-state index contributed by atoms with van der Waals surface area (Å²) in [6.07, 6.45) is 10.1. The van der Waals surface area contributed by atoms with Crippen molar-refractivity contribution in [3.63, 3.8) is 0 Å². The Hall–Kier alpha value is -2.16. The summed E-state index contributed by atoms with van der Waals surface area (Å²) in [5.74, 6) is 1.36. The third-order valence-corrected chi connectivity index (χ3v) is 6.86. The van der Waals surface area contributed by atoms with Gasteiger partial charge in [-0.3, -0.25) is 0 Å². The minimum absolute atomic E-state index is 0.284. The molecule has 3 aliphatic rings. The van der Waals surface area contributed by atoms with E-state index in [1.807, 2.05) is 0 Å². The number of rotatable bonds is 3. The molecule has 2 fully saturated rings. The summed E-state index contributed by atoms with van der Waals surface area (Å²) in [4.78, 5) is 0. The van der Waals surface area contributed by atoms with Gasteiger partial charge in [-0.05, 0) is 68.9 Å². The number of hydrogen-bond donors (Lipinski definition) is 0. The lowest BCUT2D eigenvalue weighted by molar-refractivity contribution is 0.149. The molecule has 3 heteroatoms. The third kappa shape index (κ3) is 2.79. The molecule has 27 heavy (non-hydrogen) atoms. The average Bonchev–Trinajstić information content (AvgIpc) is 3.36. The molecule has 0 spiro atoms. The lowest BCUT2D eigenvalue weighted by Gasteiger charge is -2.24. The van der Waals surface area contributed by atoms with Crippen LogP contribution in [0.5, 0.6) is 5.88 Å². The SMILES string of the molecule is CC1=CC2(C)CC2C(C)=C1c1nnc(OC2CCCCC2)c2ccccc12. The molecule has 0 saturated heterocycles. The number of aromatic nitrogens is 2. The predicted octanol–water partition coefficient (Wildman–Crippen LogP) is 6.10. The van der Waals surface area contributed by atoms with Crippen LogP contribution in [0, 0.1) is 11.3 Å². The van der Waals surface area contributed by atoms with Crippen molar-refractivity contribution in [1.29, 1.82) is 0 Å². The highest BCUT2D eigenvalue weighted by atomic mass is 16.5. The lowest BCUT2D eigenvalue weighted by Crippen LogP contribution is -2.20. The minimum atomic E-state index is 0.284. The van der Waals surface area contributed by atoms with Crippen LogP contribution in [-0.2, 0) is 0 Å². The van der Waals surface area contributed by atoms with E-state index in [0.717, 1.165) is 29.3 Å². The van der Waals surface area contributed by atoms with E-state index in [-0.39, 0.29) is 6.10 Å². The van der Waals surface area contributed by atoms with Crippen molar-refractivity contribution >= 4 is 16.3 Å². The van der Waals surface area contributed by atoms with Gasteiger partial charge in [0, 0.05) is 16.3 Å². The van der Waals surface area contributed by atoms with Gasteiger partial charge in [0.05, 0.1) is 0 Å². The van der Waals surface area contributed by atoms with Gasteiger partial charge in [-0.15, -0.1) is 10.2 Å². The number of allylic oxidation sites excluding steroid dienone is 4. The Morgan fingerprint density at radius 1 is 1.00 bits per heavy atom. The molecule has 1 aromatic carbocycles. The number of nitrogens with zero attached hydrogens (tertiary/aromatic N) is 2. The van der Waals surface area contributed by atoms with Gasteiger partial charge in [-0.25, -0.2) is 0 Å². The lowest BCUT2D eigenvalue weighted by atomic mass is 9.84. The molecule has 0 aliphatic heterocycles. The Morgan fingerprint density at radius 2 is 1.74 bits per heavy atom. The number of ether oxygens (including phenoxy) is 1. The molecule has 0 N–H and O–H groups in total. The second-order valence-electron chi connectivity index (χ2n) is 8.93. The maximum Gasteiger partial charge on any atom is 0.241 e. The van der Waals surface area contributed by atoms with E-state index >= 15 is 0 Å². The highest BCUT2D eigenvalue weighted by Crippen LogP contribution is 2.62. The fraction of sp³-hybridized carbons (Fsp3) is 0.500. The zero-order chi connectivity index (χ0) is 18.6. The normalized spacial score (nSPS) is 28.1. The first-order chi connectivity index (χ1) is 13.1. The molecule has 140 valence electrons. The van der Waals surface area contributed by atoms with Crippen molar-refractivity contribution in [3.05, 3.63) is 47.2 Å². The summed E-state index contributed by atoms with van der Waals surface area (Å²) in [5.41, 5.74) is 5.48. The molecule has 3 nitrogen and oxygen atoms in total. The largest absolute Gasteiger partial charge is 0.473 e. The monoisotopic (exact) mass is 360 g/mol. The highest BCUT2D eigenvalue weighted by molar-refractivity contribution is 5.98. The molecule has 2 saturated carbocycles. The molecule has 2 atom stereocenters. The van der Waals surface area contributed by atoms with Crippen LogP contribution in [0.3, 0.4) is 0 Å².